The molecule has 0 radical (unpaired) electrons. The lowest BCUT2D eigenvalue weighted by Crippen LogP contribution is -2.35. The van der Waals surface area contributed by atoms with Gasteiger partial charge in [0.1, 0.15) is 5.75 Å². The predicted molar refractivity (Wildman–Crippen MR) is 75.5 cm³/mol. The van der Waals surface area contributed by atoms with E-state index in [1.807, 2.05) is 6.07 Å². The molecule has 1 heterocycles. The van der Waals surface area contributed by atoms with Crippen molar-refractivity contribution in [2.75, 3.05) is 27.2 Å². The van der Waals surface area contributed by atoms with Gasteiger partial charge in [-0.05, 0) is 55.1 Å². The zero-order valence-corrected chi connectivity index (χ0v) is 12.0. The second-order valence-corrected chi connectivity index (χ2v) is 6.44. The van der Waals surface area contributed by atoms with Crippen LogP contribution in [-0.2, 0) is 5.41 Å². The van der Waals surface area contributed by atoms with Crippen molar-refractivity contribution >= 4 is 0 Å². The number of hydrogen-bond acceptors (Lipinski definition) is 3. The van der Waals surface area contributed by atoms with E-state index in [2.05, 4.69) is 31.0 Å². The highest BCUT2D eigenvalue weighted by atomic mass is 16.5. The van der Waals surface area contributed by atoms with Crippen LogP contribution in [0.5, 0.6) is 5.75 Å². The van der Waals surface area contributed by atoms with Crippen molar-refractivity contribution in [3.05, 3.63) is 29.3 Å². The SMILES string of the molecule is COc1ccc2c(c1)[C@]1(C)CCN(C)C[C@@H](C1)[C@@H]2O. The van der Waals surface area contributed by atoms with Gasteiger partial charge in [-0.25, -0.2) is 0 Å². The number of ether oxygens (including phenoxy) is 1. The summed E-state index contributed by atoms with van der Waals surface area (Å²) in [5.41, 5.74) is 2.55. The minimum atomic E-state index is -0.338. The van der Waals surface area contributed by atoms with E-state index < -0.39 is 0 Å². The van der Waals surface area contributed by atoms with Gasteiger partial charge in [0, 0.05) is 12.5 Å². The van der Waals surface area contributed by atoms with E-state index in [1.54, 1.807) is 7.11 Å². The highest BCUT2D eigenvalue weighted by Gasteiger charge is 2.43. The second kappa shape index (κ2) is 4.50. The summed E-state index contributed by atoms with van der Waals surface area (Å²) in [6, 6.07) is 6.14. The van der Waals surface area contributed by atoms with Gasteiger partial charge >= 0.3 is 0 Å². The smallest absolute Gasteiger partial charge is 0.119 e. The first kappa shape index (κ1) is 12.9. The molecule has 0 unspecified atom stereocenters. The van der Waals surface area contributed by atoms with Crippen LogP contribution in [0.25, 0.3) is 0 Å². The lowest BCUT2D eigenvalue weighted by atomic mass is 9.65. The Balaban J connectivity index is 2.11. The summed E-state index contributed by atoms with van der Waals surface area (Å²) in [7, 11) is 3.86. The number of hydrogen-bond donors (Lipinski definition) is 1. The lowest BCUT2D eigenvalue weighted by Gasteiger charge is -2.41. The third kappa shape index (κ3) is 2.05. The Hall–Kier alpha value is -1.06. The number of aliphatic hydroxyl groups is 1. The first-order valence-corrected chi connectivity index (χ1v) is 7.08. The molecule has 2 bridgehead atoms. The fraction of sp³-hybridized carbons (Fsp3) is 0.625. The molecule has 3 atom stereocenters. The van der Waals surface area contributed by atoms with Gasteiger partial charge in [0.25, 0.3) is 0 Å². The van der Waals surface area contributed by atoms with Crippen LogP contribution in [0.2, 0.25) is 0 Å². The molecule has 0 spiro atoms. The minimum Gasteiger partial charge on any atom is -0.497 e. The monoisotopic (exact) mass is 261 g/mol. The molecule has 0 amide bonds. The van der Waals surface area contributed by atoms with Gasteiger partial charge < -0.3 is 14.7 Å². The summed E-state index contributed by atoms with van der Waals surface area (Å²) in [4.78, 5) is 2.35. The molecule has 0 saturated carbocycles. The largest absolute Gasteiger partial charge is 0.497 e. The van der Waals surface area contributed by atoms with Gasteiger partial charge in [0.2, 0.25) is 0 Å². The van der Waals surface area contributed by atoms with E-state index in [1.165, 1.54) is 5.56 Å². The number of aliphatic hydroxyl groups excluding tert-OH is 1. The van der Waals surface area contributed by atoms with Crippen LogP contribution < -0.4 is 4.74 Å². The third-order valence-corrected chi connectivity index (χ3v) is 4.98. The van der Waals surface area contributed by atoms with Crippen LogP contribution in [0.4, 0.5) is 0 Å². The summed E-state index contributed by atoms with van der Waals surface area (Å²) < 4.78 is 5.36. The quantitative estimate of drug-likeness (QED) is 0.842. The van der Waals surface area contributed by atoms with E-state index in [0.717, 1.165) is 37.2 Å². The number of methoxy groups -OCH3 is 1. The molecule has 1 saturated heterocycles. The molecule has 3 heteroatoms. The topological polar surface area (TPSA) is 32.7 Å². The fourth-order valence-electron chi connectivity index (χ4n) is 3.83. The van der Waals surface area contributed by atoms with Gasteiger partial charge in [-0.15, -0.1) is 0 Å². The molecule has 1 aliphatic carbocycles. The Labute approximate surface area is 115 Å². The summed E-state index contributed by atoms with van der Waals surface area (Å²) in [5.74, 6) is 1.24. The highest BCUT2D eigenvalue weighted by molar-refractivity contribution is 5.44. The highest BCUT2D eigenvalue weighted by Crippen LogP contribution is 2.49. The summed E-state index contributed by atoms with van der Waals surface area (Å²) in [6.07, 6.45) is 1.88. The van der Waals surface area contributed by atoms with Gasteiger partial charge in [-0.3, -0.25) is 0 Å². The van der Waals surface area contributed by atoms with E-state index >= 15 is 0 Å². The van der Waals surface area contributed by atoms with Crippen molar-refractivity contribution in [3.8, 4) is 5.75 Å². The summed E-state index contributed by atoms with van der Waals surface area (Å²) >= 11 is 0. The van der Waals surface area contributed by atoms with Crippen LogP contribution in [0.15, 0.2) is 18.2 Å². The van der Waals surface area contributed by atoms with Gasteiger partial charge in [0.05, 0.1) is 13.2 Å². The molecular formula is C16H23NO2. The maximum atomic E-state index is 10.6. The second-order valence-electron chi connectivity index (χ2n) is 6.44. The first-order chi connectivity index (χ1) is 9.03. The minimum absolute atomic E-state index is 0.165. The lowest BCUT2D eigenvalue weighted by molar-refractivity contribution is 0.0671. The molecule has 3 nitrogen and oxygen atoms in total. The maximum Gasteiger partial charge on any atom is 0.119 e. The van der Waals surface area contributed by atoms with E-state index in [-0.39, 0.29) is 11.5 Å². The van der Waals surface area contributed by atoms with Gasteiger partial charge in [0.15, 0.2) is 0 Å². The molecule has 3 rings (SSSR count). The number of benzene rings is 1. The molecule has 1 aliphatic heterocycles. The van der Waals surface area contributed by atoms with Crippen molar-refractivity contribution in [2.24, 2.45) is 5.92 Å². The van der Waals surface area contributed by atoms with Crippen molar-refractivity contribution < 1.29 is 9.84 Å². The molecule has 1 aromatic carbocycles. The molecule has 0 aromatic heterocycles. The Kier molecular flexibility index (Phi) is 3.06. The molecule has 1 aromatic rings. The number of fused-ring (bicyclic) bond motifs is 4. The molecular weight excluding hydrogens is 238 g/mol. The van der Waals surface area contributed by atoms with E-state index in [4.69, 9.17) is 4.74 Å². The Morgan fingerprint density at radius 1 is 1.42 bits per heavy atom. The zero-order valence-electron chi connectivity index (χ0n) is 12.0. The third-order valence-electron chi connectivity index (χ3n) is 4.98. The van der Waals surface area contributed by atoms with Crippen molar-refractivity contribution in [1.29, 1.82) is 0 Å². The maximum absolute atomic E-state index is 10.6. The Bertz CT molecular complexity index is 488. The summed E-state index contributed by atoms with van der Waals surface area (Å²) in [5, 5.41) is 10.6. The molecule has 1 N–H and O–H groups in total. The van der Waals surface area contributed by atoms with Gasteiger partial charge in [-0.1, -0.05) is 13.0 Å². The molecule has 1 fully saturated rings. The molecule has 2 aliphatic rings. The van der Waals surface area contributed by atoms with Crippen molar-refractivity contribution in [3.63, 3.8) is 0 Å². The Morgan fingerprint density at radius 2 is 2.21 bits per heavy atom. The normalized spacial score (nSPS) is 34.5. The average Bonchev–Trinajstić information content (AvgIpc) is 2.55. The molecule has 104 valence electrons. The number of nitrogens with zero attached hydrogens (tertiary/aromatic N) is 1. The zero-order chi connectivity index (χ0) is 13.6. The summed E-state index contributed by atoms with van der Waals surface area (Å²) in [6.45, 7) is 4.42. The standard InChI is InChI=1S/C16H23NO2/c1-16-6-7-17(2)10-11(9-16)15(18)13-5-4-12(19-3)8-14(13)16/h4-5,8,11,15,18H,6-7,9-10H2,1-3H3/t11-,15+,16-/m1/s1. The van der Waals surface area contributed by atoms with Crippen molar-refractivity contribution in [2.45, 2.75) is 31.3 Å². The average molecular weight is 261 g/mol. The van der Waals surface area contributed by atoms with Crippen LogP contribution in [0.1, 0.15) is 37.0 Å². The number of likely N-dealkylation sites (tertiary alicyclic amines) is 1. The fourth-order valence-corrected chi connectivity index (χ4v) is 3.83. The van der Waals surface area contributed by atoms with E-state index in [9.17, 15) is 5.11 Å². The van der Waals surface area contributed by atoms with Crippen LogP contribution >= 0.6 is 0 Å². The first-order valence-electron chi connectivity index (χ1n) is 7.08. The van der Waals surface area contributed by atoms with Crippen molar-refractivity contribution in [1.82, 2.24) is 4.90 Å². The van der Waals surface area contributed by atoms with Crippen LogP contribution in [0, 0.1) is 5.92 Å². The van der Waals surface area contributed by atoms with Gasteiger partial charge in [-0.2, -0.15) is 0 Å². The van der Waals surface area contributed by atoms with Crippen LogP contribution in [-0.4, -0.2) is 37.3 Å². The predicted octanol–water partition coefficient (Wildman–Crippen LogP) is 2.34. The number of rotatable bonds is 1. The van der Waals surface area contributed by atoms with Crippen LogP contribution in [0.3, 0.4) is 0 Å². The van der Waals surface area contributed by atoms with E-state index in [0.29, 0.717) is 5.92 Å². The molecule has 19 heavy (non-hydrogen) atoms. The Morgan fingerprint density at radius 3 is 2.95 bits per heavy atom.